The number of hydrogen-bond acceptors (Lipinski definition) is 3. The lowest BCUT2D eigenvalue weighted by Gasteiger charge is -2.45. The molecule has 4 rings (SSSR count). The molecule has 0 unspecified atom stereocenters. The smallest absolute Gasteiger partial charge is 0.119 e. The first-order valence-electron chi connectivity index (χ1n) is 16.3. The van der Waals surface area contributed by atoms with Gasteiger partial charge < -0.3 is 14.2 Å². The molecule has 0 saturated carbocycles. The summed E-state index contributed by atoms with van der Waals surface area (Å²) in [5.74, 6) is 1.77. The minimum atomic E-state index is -0.381. The second kappa shape index (κ2) is 16.3. The van der Waals surface area contributed by atoms with Crippen LogP contribution in [0.25, 0.3) is 0 Å². The summed E-state index contributed by atoms with van der Waals surface area (Å²) < 4.78 is 19.9. The summed E-state index contributed by atoms with van der Waals surface area (Å²) in [4.78, 5) is 0. The van der Waals surface area contributed by atoms with E-state index in [1.165, 1.54) is 22.3 Å². The summed E-state index contributed by atoms with van der Waals surface area (Å²) in [5, 5.41) is 0. The summed E-state index contributed by atoms with van der Waals surface area (Å²) in [5.41, 5.74) is 4.05. The van der Waals surface area contributed by atoms with E-state index in [2.05, 4.69) is 100 Å². The number of hydrogen-bond donors (Lipinski definition) is 0. The van der Waals surface area contributed by atoms with Crippen molar-refractivity contribution in [3.8, 4) is 11.5 Å². The minimum Gasteiger partial charge on any atom is -0.489 e. The summed E-state index contributed by atoms with van der Waals surface area (Å²) in [6.07, 6.45) is 8.08. The van der Waals surface area contributed by atoms with Gasteiger partial charge in [0.15, 0.2) is 0 Å². The van der Waals surface area contributed by atoms with Crippen LogP contribution in [-0.2, 0) is 29.2 Å². The third-order valence-electron chi connectivity index (χ3n) is 8.26. The van der Waals surface area contributed by atoms with Crippen LogP contribution < -0.4 is 9.47 Å². The molecule has 0 aliphatic carbocycles. The van der Waals surface area contributed by atoms with Crippen LogP contribution >= 0.6 is 0 Å². The van der Waals surface area contributed by atoms with Crippen molar-refractivity contribution in [1.29, 1.82) is 0 Å². The molecule has 4 aromatic carbocycles. The van der Waals surface area contributed by atoms with E-state index in [0.29, 0.717) is 13.2 Å². The standard InChI is InChI=1S/C40H50O3/c1-5-27-39(28-6-2,35-19-23-37(24-20-35)41-31-33-15-11-9-12-16-33)43-40(29-7-3,30-8-4)36-21-25-38(26-22-36)42-32-34-17-13-10-14-18-34/h9-26H,5-8,27-32H2,1-4H3. The van der Waals surface area contributed by atoms with Gasteiger partial charge in [0.05, 0.1) is 11.2 Å². The second-order valence-corrected chi connectivity index (χ2v) is 11.7. The maximum Gasteiger partial charge on any atom is 0.119 e. The predicted molar refractivity (Wildman–Crippen MR) is 179 cm³/mol. The predicted octanol–water partition coefficient (Wildman–Crippen LogP) is 11.2. The van der Waals surface area contributed by atoms with Gasteiger partial charge in [0.25, 0.3) is 0 Å². The Morgan fingerprint density at radius 1 is 0.419 bits per heavy atom. The largest absolute Gasteiger partial charge is 0.489 e. The van der Waals surface area contributed by atoms with Gasteiger partial charge >= 0.3 is 0 Å². The molecular formula is C40H50O3. The zero-order valence-corrected chi connectivity index (χ0v) is 26.7. The van der Waals surface area contributed by atoms with Gasteiger partial charge in [-0.3, -0.25) is 0 Å². The van der Waals surface area contributed by atoms with Gasteiger partial charge in [-0.2, -0.15) is 0 Å². The van der Waals surface area contributed by atoms with E-state index in [1.54, 1.807) is 0 Å². The molecule has 43 heavy (non-hydrogen) atoms. The van der Waals surface area contributed by atoms with Gasteiger partial charge in [-0.25, -0.2) is 0 Å². The molecule has 0 atom stereocenters. The van der Waals surface area contributed by atoms with Crippen molar-refractivity contribution >= 4 is 0 Å². The van der Waals surface area contributed by atoms with Gasteiger partial charge in [0.1, 0.15) is 24.7 Å². The molecule has 0 heterocycles. The first-order valence-corrected chi connectivity index (χ1v) is 16.3. The van der Waals surface area contributed by atoms with Crippen LogP contribution in [0.2, 0.25) is 0 Å². The maximum absolute atomic E-state index is 7.62. The van der Waals surface area contributed by atoms with E-state index in [9.17, 15) is 0 Å². The van der Waals surface area contributed by atoms with Crippen LogP contribution in [0.4, 0.5) is 0 Å². The van der Waals surface area contributed by atoms with Crippen LogP contribution in [0.1, 0.15) is 101 Å². The molecule has 3 nitrogen and oxygen atoms in total. The van der Waals surface area contributed by atoms with Crippen molar-refractivity contribution in [3.05, 3.63) is 131 Å². The Morgan fingerprint density at radius 3 is 1.05 bits per heavy atom. The normalized spacial score (nSPS) is 11.8. The topological polar surface area (TPSA) is 27.7 Å². The SMILES string of the molecule is CCCC(CCC)(OC(CCC)(CCC)c1ccc(OCc2ccccc2)cc1)c1ccc(OCc2ccccc2)cc1. The third-order valence-corrected chi connectivity index (χ3v) is 8.26. The van der Waals surface area contributed by atoms with E-state index < -0.39 is 0 Å². The van der Waals surface area contributed by atoms with Gasteiger partial charge in [0.2, 0.25) is 0 Å². The molecule has 0 saturated heterocycles. The van der Waals surface area contributed by atoms with E-state index in [-0.39, 0.29) is 11.2 Å². The molecule has 0 aliphatic rings. The number of rotatable bonds is 18. The third kappa shape index (κ3) is 8.74. The Labute approximate surface area is 260 Å². The lowest BCUT2D eigenvalue weighted by atomic mass is 9.80. The van der Waals surface area contributed by atoms with Crippen molar-refractivity contribution in [2.75, 3.05) is 0 Å². The summed E-state index contributed by atoms with van der Waals surface area (Å²) >= 11 is 0. The van der Waals surface area contributed by atoms with E-state index >= 15 is 0 Å². The van der Waals surface area contributed by atoms with Gasteiger partial charge in [-0.05, 0) is 72.2 Å². The molecule has 0 N–H and O–H groups in total. The Morgan fingerprint density at radius 2 is 0.744 bits per heavy atom. The zero-order valence-electron chi connectivity index (χ0n) is 26.7. The van der Waals surface area contributed by atoms with E-state index in [0.717, 1.165) is 62.9 Å². The highest BCUT2D eigenvalue weighted by Crippen LogP contribution is 2.47. The summed E-state index contributed by atoms with van der Waals surface area (Å²) in [6, 6.07) is 38.0. The highest BCUT2D eigenvalue weighted by Gasteiger charge is 2.42. The molecule has 0 spiro atoms. The van der Waals surface area contributed by atoms with Gasteiger partial charge in [-0.1, -0.05) is 138 Å². The molecule has 3 heteroatoms. The lowest BCUT2D eigenvalue weighted by molar-refractivity contribution is -0.185. The Bertz CT molecular complexity index is 1200. The molecule has 0 radical (unpaired) electrons. The molecule has 0 aromatic heterocycles. The molecule has 0 bridgehead atoms. The fourth-order valence-corrected chi connectivity index (χ4v) is 6.33. The Hall–Kier alpha value is -3.56. The van der Waals surface area contributed by atoms with Crippen LogP contribution in [0.15, 0.2) is 109 Å². The van der Waals surface area contributed by atoms with Crippen LogP contribution in [0.5, 0.6) is 11.5 Å². The van der Waals surface area contributed by atoms with Crippen molar-refractivity contribution < 1.29 is 14.2 Å². The highest BCUT2D eigenvalue weighted by atomic mass is 16.5. The maximum atomic E-state index is 7.62. The van der Waals surface area contributed by atoms with Crippen molar-refractivity contribution in [1.82, 2.24) is 0 Å². The van der Waals surface area contributed by atoms with Crippen LogP contribution in [-0.4, -0.2) is 0 Å². The first-order chi connectivity index (χ1) is 21.1. The zero-order chi connectivity index (χ0) is 30.4. The average Bonchev–Trinajstić information content (AvgIpc) is 3.05. The minimum absolute atomic E-state index is 0.381. The van der Waals surface area contributed by atoms with Gasteiger partial charge in [-0.15, -0.1) is 0 Å². The molecule has 0 aliphatic heterocycles. The monoisotopic (exact) mass is 578 g/mol. The number of ether oxygens (including phenoxy) is 3. The molecule has 4 aromatic rings. The van der Waals surface area contributed by atoms with E-state index in [1.807, 2.05) is 36.4 Å². The quantitative estimate of drug-likeness (QED) is 0.117. The van der Waals surface area contributed by atoms with Crippen LogP contribution in [0.3, 0.4) is 0 Å². The molecular weight excluding hydrogens is 528 g/mol. The molecule has 228 valence electrons. The lowest BCUT2D eigenvalue weighted by Crippen LogP contribution is -2.41. The fraction of sp³-hybridized carbons (Fsp3) is 0.400. The van der Waals surface area contributed by atoms with Crippen LogP contribution in [0, 0.1) is 0 Å². The van der Waals surface area contributed by atoms with Gasteiger partial charge in [0, 0.05) is 0 Å². The Kier molecular flexibility index (Phi) is 12.3. The Balaban J connectivity index is 1.61. The molecule has 0 amide bonds. The summed E-state index contributed by atoms with van der Waals surface area (Å²) in [7, 11) is 0. The van der Waals surface area contributed by atoms with Crippen molar-refractivity contribution in [2.24, 2.45) is 0 Å². The van der Waals surface area contributed by atoms with E-state index in [4.69, 9.17) is 14.2 Å². The molecule has 0 fully saturated rings. The fourth-order valence-electron chi connectivity index (χ4n) is 6.33. The summed E-state index contributed by atoms with van der Waals surface area (Å²) in [6.45, 7) is 10.2. The highest BCUT2D eigenvalue weighted by molar-refractivity contribution is 5.34. The van der Waals surface area contributed by atoms with Crippen molar-refractivity contribution in [3.63, 3.8) is 0 Å². The second-order valence-electron chi connectivity index (χ2n) is 11.7. The average molecular weight is 579 g/mol. The first kappa shape index (κ1) is 32.4. The number of benzene rings is 4. The van der Waals surface area contributed by atoms with Crippen molar-refractivity contribution in [2.45, 2.75) is 103 Å².